The minimum atomic E-state index is -0.262. The molecule has 2 aromatic carbocycles. The van der Waals surface area contributed by atoms with Crippen LogP contribution in [0.15, 0.2) is 48.5 Å². The molecule has 1 N–H and O–H groups in total. The van der Waals surface area contributed by atoms with E-state index in [-0.39, 0.29) is 5.82 Å². The standard InChI is InChI=1S/C18H18FN3/c1-3-12(2)20-18-15-6-4-5-7-16(15)21-17(22-18)13-8-10-14(19)11-9-13/h4-12H,3H2,1-2H3,(H,20,21,22)/t12-/m0/s1. The molecule has 0 aliphatic heterocycles. The summed E-state index contributed by atoms with van der Waals surface area (Å²) in [5.41, 5.74) is 1.68. The van der Waals surface area contributed by atoms with Gasteiger partial charge in [0, 0.05) is 17.0 Å². The average molecular weight is 295 g/mol. The van der Waals surface area contributed by atoms with Crippen molar-refractivity contribution in [3.8, 4) is 11.4 Å². The number of anilines is 1. The highest BCUT2D eigenvalue weighted by Crippen LogP contribution is 2.25. The van der Waals surface area contributed by atoms with Crippen molar-refractivity contribution in [3.05, 3.63) is 54.3 Å². The second-order valence-corrected chi connectivity index (χ2v) is 5.37. The second kappa shape index (κ2) is 6.10. The van der Waals surface area contributed by atoms with Gasteiger partial charge in [-0.2, -0.15) is 0 Å². The highest BCUT2D eigenvalue weighted by molar-refractivity contribution is 5.90. The summed E-state index contributed by atoms with van der Waals surface area (Å²) < 4.78 is 13.1. The van der Waals surface area contributed by atoms with Crippen molar-refractivity contribution in [3.63, 3.8) is 0 Å². The third-order valence-electron chi connectivity index (χ3n) is 3.70. The summed E-state index contributed by atoms with van der Waals surface area (Å²) >= 11 is 0. The van der Waals surface area contributed by atoms with Gasteiger partial charge in [-0.05, 0) is 49.7 Å². The maximum atomic E-state index is 13.1. The molecule has 0 unspecified atom stereocenters. The molecule has 3 nitrogen and oxygen atoms in total. The number of hydrogen-bond acceptors (Lipinski definition) is 3. The molecule has 4 heteroatoms. The topological polar surface area (TPSA) is 37.8 Å². The zero-order chi connectivity index (χ0) is 15.5. The van der Waals surface area contributed by atoms with E-state index in [1.54, 1.807) is 12.1 Å². The van der Waals surface area contributed by atoms with Gasteiger partial charge in [-0.25, -0.2) is 14.4 Å². The maximum absolute atomic E-state index is 13.1. The monoisotopic (exact) mass is 295 g/mol. The molecule has 1 heterocycles. The molecule has 0 aliphatic rings. The summed E-state index contributed by atoms with van der Waals surface area (Å²) in [5.74, 6) is 1.16. The van der Waals surface area contributed by atoms with Crippen LogP contribution in [-0.2, 0) is 0 Å². The molecule has 1 atom stereocenters. The van der Waals surface area contributed by atoms with Crippen LogP contribution in [0.5, 0.6) is 0 Å². The summed E-state index contributed by atoms with van der Waals surface area (Å²) in [6.45, 7) is 4.25. The van der Waals surface area contributed by atoms with Crippen LogP contribution in [-0.4, -0.2) is 16.0 Å². The normalized spacial score (nSPS) is 12.3. The molecule has 0 saturated heterocycles. The Morgan fingerprint density at radius 2 is 1.77 bits per heavy atom. The van der Waals surface area contributed by atoms with E-state index in [1.807, 2.05) is 24.3 Å². The van der Waals surface area contributed by atoms with Gasteiger partial charge in [0.15, 0.2) is 5.82 Å². The number of nitrogens with one attached hydrogen (secondary N) is 1. The lowest BCUT2D eigenvalue weighted by Crippen LogP contribution is -2.15. The van der Waals surface area contributed by atoms with Crippen molar-refractivity contribution in [1.82, 2.24) is 9.97 Å². The van der Waals surface area contributed by atoms with Crippen molar-refractivity contribution < 1.29 is 4.39 Å². The molecule has 0 aliphatic carbocycles. The fraction of sp³-hybridized carbons (Fsp3) is 0.222. The Balaban J connectivity index is 2.13. The minimum Gasteiger partial charge on any atom is -0.367 e. The van der Waals surface area contributed by atoms with Crippen LogP contribution in [0, 0.1) is 5.82 Å². The van der Waals surface area contributed by atoms with E-state index in [1.165, 1.54) is 12.1 Å². The lowest BCUT2D eigenvalue weighted by molar-refractivity contribution is 0.628. The van der Waals surface area contributed by atoms with Gasteiger partial charge in [-0.3, -0.25) is 0 Å². The quantitative estimate of drug-likeness (QED) is 0.761. The first-order chi connectivity index (χ1) is 10.7. The lowest BCUT2D eigenvalue weighted by atomic mass is 10.1. The molecule has 3 rings (SSSR count). The maximum Gasteiger partial charge on any atom is 0.162 e. The number of benzene rings is 2. The Bertz CT molecular complexity index is 784. The SMILES string of the molecule is CC[C@H](C)Nc1nc(-c2ccc(F)cc2)nc2ccccc12. The van der Waals surface area contributed by atoms with Gasteiger partial charge < -0.3 is 5.32 Å². The molecule has 22 heavy (non-hydrogen) atoms. The molecule has 0 fully saturated rings. The van der Waals surface area contributed by atoms with E-state index in [0.29, 0.717) is 11.9 Å². The molecule has 0 saturated carbocycles. The Kier molecular flexibility index (Phi) is 4.00. The van der Waals surface area contributed by atoms with Crippen LogP contribution < -0.4 is 5.32 Å². The van der Waals surface area contributed by atoms with Gasteiger partial charge in [-0.1, -0.05) is 19.1 Å². The molecule has 112 valence electrons. The van der Waals surface area contributed by atoms with E-state index in [0.717, 1.165) is 28.7 Å². The number of para-hydroxylation sites is 1. The van der Waals surface area contributed by atoms with Crippen molar-refractivity contribution in [1.29, 1.82) is 0 Å². The summed E-state index contributed by atoms with van der Waals surface area (Å²) in [6, 6.07) is 14.5. The Morgan fingerprint density at radius 3 is 2.50 bits per heavy atom. The van der Waals surface area contributed by atoms with E-state index in [2.05, 4.69) is 29.1 Å². The largest absolute Gasteiger partial charge is 0.367 e. The number of hydrogen-bond donors (Lipinski definition) is 1. The van der Waals surface area contributed by atoms with Gasteiger partial charge in [0.1, 0.15) is 11.6 Å². The van der Waals surface area contributed by atoms with Gasteiger partial charge >= 0.3 is 0 Å². The number of halogens is 1. The first-order valence-electron chi connectivity index (χ1n) is 7.46. The van der Waals surface area contributed by atoms with Crippen molar-refractivity contribution in [2.75, 3.05) is 5.32 Å². The zero-order valence-corrected chi connectivity index (χ0v) is 12.7. The van der Waals surface area contributed by atoms with Crippen molar-refractivity contribution in [2.24, 2.45) is 0 Å². The van der Waals surface area contributed by atoms with Gasteiger partial charge in [0.25, 0.3) is 0 Å². The first-order valence-corrected chi connectivity index (χ1v) is 7.46. The van der Waals surface area contributed by atoms with Crippen LogP contribution in [0.2, 0.25) is 0 Å². The van der Waals surface area contributed by atoms with E-state index >= 15 is 0 Å². The minimum absolute atomic E-state index is 0.262. The highest BCUT2D eigenvalue weighted by Gasteiger charge is 2.10. The van der Waals surface area contributed by atoms with E-state index in [4.69, 9.17) is 0 Å². The van der Waals surface area contributed by atoms with Gasteiger partial charge in [-0.15, -0.1) is 0 Å². The second-order valence-electron chi connectivity index (χ2n) is 5.37. The summed E-state index contributed by atoms with van der Waals surface area (Å²) in [4.78, 5) is 9.24. The Hall–Kier alpha value is -2.49. The lowest BCUT2D eigenvalue weighted by Gasteiger charge is -2.15. The highest BCUT2D eigenvalue weighted by atomic mass is 19.1. The summed E-state index contributed by atoms with van der Waals surface area (Å²) in [6.07, 6.45) is 1.00. The van der Waals surface area contributed by atoms with Gasteiger partial charge in [0.2, 0.25) is 0 Å². The zero-order valence-electron chi connectivity index (χ0n) is 12.7. The summed E-state index contributed by atoms with van der Waals surface area (Å²) in [5, 5.41) is 4.43. The molecular weight excluding hydrogens is 277 g/mol. The number of fused-ring (bicyclic) bond motifs is 1. The first kappa shape index (κ1) is 14.4. The number of nitrogens with zero attached hydrogens (tertiary/aromatic N) is 2. The third-order valence-corrected chi connectivity index (χ3v) is 3.70. The fourth-order valence-corrected chi connectivity index (χ4v) is 2.25. The number of rotatable bonds is 4. The predicted octanol–water partition coefficient (Wildman–Crippen LogP) is 4.65. The molecule has 0 radical (unpaired) electrons. The van der Waals surface area contributed by atoms with Crippen molar-refractivity contribution >= 4 is 16.7 Å². The van der Waals surface area contributed by atoms with Crippen LogP contribution in [0.25, 0.3) is 22.3 Å². The van der Waals surface area contributed by atoms with Gasteiger partial charge in [0.05, 0.1) is 5.52 Å². The Labute approximate surface area is 129 Å². The Morgan fingerprint density at radius 1 is 1.05 bits per heavy atom. The van der Waals surface area contributed by atoms with E-state index < -0.39 is 0 Å². The van der Waals surface area contributed by atoms with Crippen LogP contribution in [0.4, 0.5) is 10.2 Å². The van der Waals surface area contributed by atoms with Crippen LogP contribution in [0.1, 0.15) is 20.3 Å². The molecule has 0 spiro atoms. The molecule has 0 amide bonds. The molecule has 1 aromatic heterocycles. The third kappa shape index (κ3) is 2.91. The smallest absolute Gasteiger partial charge is 0.162 e. The molecule has 3 aromatic rings. The number of aromatic nitrogens is 2. The summed E-state index contributed by atoms with van der Waals surface area (Å²) in [7, 11) is 0. The fourth-order valence-electron chi connectivity index (χ4n) is 2.25. The predicted molar refractivity (Wildman–Crippen MR) is 88.3 cm³/mol. The van der Waals surface area contributed by atoms with E-state index in [9.17, 15) is 4.39 Å². The van der Waals surface area contributed by atoms with Crippen LogP contribution in [0.3, 0.4) is 0 Å². The molecule has 0 bridgehead atoms. The molecular formula is C18H18FN3. The average Bonchev–Trinajstić information content (AvgIpc) is 2.55. The van der Waals surface area contributed by atoms with Crippen LogP contribution >= 0.6 is 0 Å². The van der Waals surface area contributed by atoms with Crippen molar-refractivity contribution in [2.45, 2.75) is 26.3 Å².